The summed E-state index contributed by atoms with van der Waals surface area (Å²) in [5, 5.41) is 0.336. The molecule has 0 amide bonds. The molecule has 0 unspecified atom stereocenters. The highest BCUT2D eigenvalue weighted by molar-refractivity contribution is 9.10. The molecule has 19 heavy (non-hydrogen) atoms. The molecular weight excluding hydrogens is 354 g/mol. The maximum atomic E-state index is 12.1. The number of hydrogen-bond acceptors (Lipinski definition) is 3. The molecule has 0 spiro atoms. The smallest absolute Gasteiger partial charge is 0.279 e. The molecule has 1 aromatic heterocycles. The molecule has 0 aliphatic rings. The lowest BCUT2D eigenvalue weighted by Gasteiger charge is -2.08. The first kappa shape index (κ1) is 14.4. The van der Waals surface area contributed by atoms with Crippen LogP contribution in [0.2, 0.25) is 5.02 Å². The average Bonchev–Trinajstić information content (AvgIpc) is 2.83. The van der Waals surface area contributed by atoms with Gasteiger partial charge in [-0.15, -0.1) is 0 Å². The van der Waals surface area contributed by atoms with Crippen molar-refractivity contribution in [1.29, 1.82) is 0 Å². The van der Waals surface area contributed by atoms with Crippen molar-refractivity contribution in [2.45, 2.75) is 18.4 Å². The minimum Gasteiger partial charge on any atom is -0.332 e. The Kier molecular flexibility index (Phi) is 4.17. The predicted molar refractivity (Wildman–Crippen MR) is 77.9 cm³/mol. The summed E-state index contributed by atoms with van der Waals surface area (Å²) in [7, 11) is -3.72. The second-order valence-corrected chi connectivity index (χ2v) is 6.75. The number of halogens is 2. The SMILES string of the molecule is CCc1ncc(S(=O)(=O)Nc2cc(Br)ccc2Cl)[nH]1. The topological polar surface area (TPSA) is 74.8 Å². The molecular formula is C11H11BrClN3O2S. The van der Waals surface area contributed by atoms with E-state index in [2.05, 4.69) is 30.6 Å². The molecule has 2 aromatic rings. The lowest BCUT2D eigenvalue weighted by atomic mass is 10.3. The van der Waals surface area contributed by atoms with Crippen molar-refractivity contribution >= 4 is 43.2 Å². The highest BCUT2D eigenvalue weighted by atomic mass is 79.9. The van der Waals surface area contributed by atoms with Crippen LogP contribution in [-0.2, 0) is 16.4 Å². The summed E-state index contributed by atoms with van der Waals surface area (Å²) in [6.07, 6.45) is 1.92. The molecule has 0 radical (unpaired) electrons. The Morgan fingerprint density at radius 3 is 2.84 bits per heavy atom. The van der Waals surface area contributed by atoms with Crippen molar-refractivity contribution in [3.8, 4) is 0 Å². The van der Waals surface area contributed by atoms with Gasteiger partial charge in [0.2, 0.25) is 0 Å². The second-order valence-electron chi connectivity index (χ2n) is 3.78. The Bertz CT molecular complexity index is 700. The van der Waals surface area contributed by atoms with Gasteiger partial charge in [0.25, 0.3) is 10.0 Å². The first-order valence-electron chi connectivity index (χ1n) is 5.44. The van der Waals surface area contributed by atoms with Crippen LogP contribution in [0.1, 0.15) is 12.7 Å². The molecule has 2 N–H and O–H groups in total. The van der Waals surface area contributed by atoms with Crippen LogP contribution in [0.3, 0.4) is 0 Å². The summed E-state index contributed by atoms with van der Waals surface area (Å²) in [5.41, 5.74) is 0.309. The molecule has 0 aliphatic heterocycles. The van der Waals surface area contributed by atoms with Gasteiger partial charge in [0, 0.05) is 10.9 Å². The highest BCUT2D eigenvalue weighted by Crippen LogP contribution is 2.27. The molecule has 8 heteroatoms. The van der Waals surface area contributed by atoms with Gasteiger partial charge in [-0.2, -0.15) is 8.42 Å². The normalized spacial score (nSPS) is 11.5. The van der Waals surface area contributed by atoms with Crippen molar-refractivity contribution in [2.24, 2.45) is 0 Å². The van der Waals surface area contributed by atoms with Gasteiger partial charge in [-0.1, -0.05) is 34.5 Å². The Balaban J connectivity index is 2.33. The Morgan fingerprint density at radius 1 is 1.47 bits per heavy atom. The number of nitrogens with zero attached hydrogens (tertiary/aromatic N) is 1. The van der Waals surface area contributed by atoms with Gasteiger partial charge >= 0.3 is 0 Å². The van der Waals surface area contributed by atoms with Crippen molar-refractivity contribution < 1.29 is 8.42 Å². The number of aromatic amines is 1. The number of rotatable bonds is 4. The monoisotopic (exact) mass is 363 g/mol. The van der Waals surface area contributed by atoms with E-state index in [9.17, 15) is 8.42 Å². The van der Waals surface area contributed by atoms with E-state index in [-0.39, 0.29) is 5.03 Å². The molecule has 0 saturated heterocycles. The fraction of sp³-hybridized carbons (Fsp3) is 0.182. The van der Waals surface area contributed by atoms with Crippen LogP contribution in [0.5, 0.6) is 0 Å². The number of anilines is 1. The summed E-state index contributed by atoms with van der Waals surface area (Å²) >= 11 is 9.21. The summed E-state index contributed by atoms with van der Waals surface area (Å²) in [5.74, 6) is 0.612. The van der Waals surface area contributed by atoms with Gasteiger partial charge in [0.1, 0.15) is 5.82 Å². The molecule has 5 nitrogen and oxygen atoms in total. The van der Waals surface area contributed by atoms with Crippen molar-refractivity contribution in [3.05, 3.63) is 39.7 Å². The van der Waals surface area contributed by atoms with Crippen LogP contribution in [0, 0.1) is 0 Å². The Hall–Kier alpha value is -1.05. The number of aryl methyl sites for hydroxylation is 1. The van der Waals surface area contributed by atoms with Crippen LogP contribution in [0.4, 0.5) is 5.69 Å². The minimum absolute atomic E-state index is 0.0143. The zero-order valence-electron chi connectivity index (χ0n) is 9.94. The molecule has 0 fully saturated rings. The number of benzene rings is 1. The van der Waals surface area contributed by atoms with Crippen molar-refractivity contribution in [1.82, 2.24) is 9.97 Å². The first-order valence-corrected chi connectivity index (χ1v) is 8.09. The zero-order valence-corrected chi connectivity index (χ0v) is 13.1. The zero-order chi connectivity index (χ0) is 14.0. The number of aromatic nitrogens is 2. The van der Waals surface area contributed by atoms with E-state index < -0.39 is 10.0 Å². The number of H-pyrrole nitrogens is 1. The molecule has 2 rings (SSSR count). The van der Waals surface area contributed by atoms with E-state index in [1.807, 2.05) is 6.92 Å². The third-order valence-electron chi connectivity index (χ3n) is 2.40. The van der Waals surface area contributed by atoms with Crippen molar-refractivity contribution in [2.75, 3.05) is 4.72 Å². The third kappa shape index (κ3) is 3.29. The molecule has 1 aromatic carbocycles. The fourth-order valence-corrected chi connectivity index (χ4v) is 3.03. The average molecular weight is 365 g/mol. The summed E-state index contributed by atoms with van der Waals surface area (Å²) < 4.78 is 27.4. The van der Waals surface area contributed by atoms with Gasteiger partial charge in [0.15, 0.2) is 5.03 Å². The minimum atomic E-state index is -3.72. The summed E-state index contributed by atoms with van der Waals surface area (Å²) in [4.78, 5) is 6.71. The molecule has 0 saturated carbocycles. The lowest BCUT2D eigenvalue weighted by molar-refractivity contribution is 0.598. The van der Waals surface area contributed by atoms with E-state index >= 15 is 0 Å². The van der Waals surface area contributed by atoms with Crippen LogP contribution in [0.15, 0.2) is 33.9 Å². The van der Waals surface area contributed by atoms with E-state index in [0.29, 0.717) is 23.0 Å². The van der Waals surface area contributed by atoms with Gasteiger partial charge in [0.05, 0.1) is 16.9 Å². The predicted octanol–water partition coefficient (Wildman–Crippen LogP) is 3.19. The van der Waals surface area contributed by atoms with E-state index in [4.69, 9.17) is 11.6 Å². The fourth-order valence-electron chi connectivity index (χ4n) is 1.43. The lowest BCUT2D eigenvalue weighted by Crippen LogP contribution is -2.13. The van der Waals surface area contributed by atoms with Gasteiger partial charge in [-0.25, -0.2) is 4.98 Å². The standard InChI is InChI=1S/C11H11BrClN3O2S/c1-2-10-14-6-11(15-10)19(17,18)16-9-5-7(12)3-4-8(9)13/h3-6,16H,2H2,1H3,(H,14,15). The van der Waals surface area contributed by atoms with Gasteiger partial charge in [-0.05, 0) is 18.2 Å². The molecule has 0 aliphatic carbocycles. The molecule has 0 atom stereocenters. The molecule has 1 heterocycles. The van der Waals surface area contributed by atoms with Crippen molar-refractivity contribution in [3.63, 3.8) is 0 Å². The van der Waals surface area contributed by atoms with E-state index in [1.165, 1.54) is 6.20 Å². The largest absolute Gasteiger partial charge is 0.332 e. The second kappa shape index (κ2) is 5.52. The quantitative estimate of drug-likeness (QED) is 0.875. The highest BCUT2D eigenvalue weighted by Gasteiger charge is 2.18. The van der Waals surface area contributed by atoms with E-state index in [0.717, 1.165) is 4.47 Å². The Labute approximate surface area is 124 Å². The number of nitrogens with one attached hydrogen (secondary N) is 2. The Morgan fingerprint density at radius 2 is 2.21 bits per heavy atom. The van der Waals surface area contributed by atoms with Gasteiger partial charge < -0.3 is 4.98 Å². The molecule has 102 valence electrons. The van der Waals surface area contributed by atoms with Gasteiger partial charge in [-0.3, -0.25) is 4.72 Å². The first-order chi connectivity index (χ1) is 8.92. The van der Waals surface area contributed by atoms with Crippen LogP contribution in [0.25, 0.3) is 0 Å². The number of hydrogen-bond donors (Lipinski definition) is 2. The van der Waals surface area contributed by atoms with Crippen LogP contribution < -0.4 is 4.72 Å². The maximum Gasteiger partial charge on any atom is 0.279 e. The summed E-state index contributed by atoms with van der Waals surface area (Å²) in [6, 6.07) is 4.93. The number of sulfonamides is 1. The van der Waals surface area contributed by atoms with Crippen LogP contribution >= 0.6 is 27.5 Å². The number of imidazole rings is 1. The molecule has 0 bridgehead atoms. The van der Waals surface area contributed by atoms with Crippen LogP contribution in [-0.4, -0.2) is 18.4 Å². The van der Waals surface area contributed by atoms with E-state index in [1.54, 1.807) is 18.2 Å². The summed E-state index contributed by atoms with van der Waals surface area (Å²) in [6.45, 7) is 1.88. The third-order valence-corrected chi connectivity index (χ3v) is 4.50. The maximum absolute atomic E-state index is 12.1.